The fourth-order valence-electron chi connectivity index (χ4n) is 5.07. The molecule has 2 aliphatic rings. The van der Waals surface area contributed by atoms with Crippen LogP contribution in [0.15, 0.2) is 48.5 Å². The van der Waals surface area contributed by atoms with Crippen molar-refractivity contribution in [1.29, 1.82) is 0 Å². The molecule has 0 spiro atoms. The zero-order chi connectivity index (χ0) is 24.8. The second kappa shape index (κ2) is 11.2. The van der Waals surface area contributed by atoms with Crippen LogP contribution in [0.3, 0.4) is 0 Å². The minimum absolute atomic E-state index is 0.0310. The fraction of sp³-hybridized carbons (Fsp3) is 0.444. The molecule has 1 unspecified atom stereocenters. The SMILES string of the molecule is CCC(CC(=O)NC1(CC(=O)O)CCSCC1)NC(=O)OCC1c2ccccc2-c2ccccc21. The summed E-state index contributed by atoms with van der Waals surface area (Å²) in [5.74, 6) is 0.451. The van der Waals surface area contributed by atoms with E-state index in [0.29, 0.717) is 19.3 Å². The largest absolute Gasteiger partial charge is 0.481 e. The topological polar surface area (TPSA) is 105 Å². The zero-order valence-corrected chi connectivity index (χ0v) is 20.7. The van der Waals surface area contributed by atoms with E-state index >= 15 is 0 Å². The van der Waals surface area contributed by atoms with E-state index in [1.807, 2.05) is 31.2 Å². The minimum Gasteiger partial charge on any atom is -0.481 e. The highest BCUT2D eigenvalue weighted by Gasteiger charge is 2.36. The first-order valence-corrected chi connectivity index (χ1v) is 13.3. The molecule has 0 saturated carbocycles. The van der Waals surface area contributed by atoms with Gasteiger partial charge < -0.3 is 20.5 Å². The van der Waals surface area contributed by atoms with Gasteiger partial charge in [0.2, 0.25) is 5.91 Å². The van der Waals surface area contributed by atoms with Gasteiger partial charge in [-0.3, -0.25) is 9.59 Å². The van der Waals surface area contributed by atoms with Crippen LogP contribution in [0.2, 0.25) is 0 Å². The van der Waals surface area contributed by atoms with Gasteiger partial charge in [0.05, 0.1) is 12.0 Å². The predicted octanol–water partition coefficient (Wildman–Crippen LogP) is 4.55. The summed E-state index contributed by atoms with van der Waals surface area (Å²) >= 11 is 1.77. The normalized spacial score (nSPS) is 17.1. The third-order valence-electron chi connectivity index (χ3n) is 6.93. The van der Waals surface area contributed by atoms with Gasteiger partial charge in [-0.1, -0.05) is 55.5 Å². The Morgan fingerprint density at radius 1 is 1.06 bits per heavy atom. The number of ether oxygens (including phenoxy) is 1. The van der Waals surface area contributed by atoms with Crippen LogP contribution in [0.4, 0.5) is 4.79 Å². The van der Waals surface area contributed by atoms with Gasteiger partial charge in [-0.15, -0.1) is 0 Å². The van der Waals surface area contributed by atoms with Gasteiger partial charge in [0, 0.05) is 18.4 Å². The summed E-state index contributed by atoms with van der Waals surface area (Å²) < 4.78 is 5.61. The Morgan fingerprint density at radius 3 is 2.23 bits per heavy atom. The van der Waals surface area contributed by atoms with Crippen molar-refractivity contribution in [2.24, 2.45) is 0 Å². The summed E-state index contributed by atoms with van der Waals surface area (Å²) in [4.78, 5) is 36.8. The lowest BCUT2D eigenvalue weighted by Gasteiger charge is -2.37. The first-order valence-electron chi connectivity index (χ1n) is 12.1. The highest BCUT2D eigenvalue weighted by atomic mass is 32.2. The van der Waals surface area contributed by atoms with Gasteiger partial charge in [-0.05, 0) is 53.0 Å². The molecule has 0 bridgehead atoms. The number of aliphatic carboxylic acids is 1. The Kier molecular flexibility index (Phi) is 8.00. The second-order valence-electron chi connectivity index (χ2n) is 9.29. The van der Waals surface area contributed by atoms with Crippen molar-refractivity contribution in [3.8, 4) is 11.1 Å². The van der Waals surface area contributed by atoms with Crippen molar-refractivity contribution >= 4 is 29.7 Å². The molecule has 1 aliphatic carbocycles. The summed E-state index contributed by atoms with van der Waals surface area (Å²) in [6, 6.07) is 15.9. The van der Waals surface area contributed by atoms with Gasteiger partial charge in [-0.2, -0.15) is 11.8 Å². The number of thioether (sulfide) groups is 1. The maximum atomic E-state index is 12.8. The third kappa shape index (κ3) is 5.99. The summed E-state index contributed by atoms with van der Waals surface area (Å²) in [5.41, 5.74) is 3.90. The van der Waals surface area contributed by atoms with E-state index in [1.54, 1.807) is 11.8 Å². The van der Waals surface area contributed by atoms with Crippen LogP contribution in [-0.4, -0.2) is 52.8 Å². The number of fused-ring (bicyclic) bond motifs is 3. The maximum absolute atomic E-state index is 12.8. The first-order chi connectivity index (χ1) is 16.9. The molecule has 1 saturated heterocycles. The highest BCUT2D eigenvalue weighted by Crippen LogP contribution is 2.44. The average Bonchev–Trinajstić information content (AvgIpc) is 3.16. The van der Waals surface area contributed by atoms with Gasteiger partial charge in [0.1, 0.15) is 6.61 Å². The lowest BCUT2D eigenvalue weighted by molar-refractivity contribution is -0.139. The number of amides is 2. The van der Waals surface area contributed by atoms with Crippen molar-refractivity contribution in [3.63, 3.8) is 0 Å². The molecule has 2 aromatic carbocycles. The number of rotatable bonds is 9. The maximum Gasteiger partial charge on any atom is 0.407 e. The molecular weight excluding hydrogens is 464 g/mol. The number of hydrogen-bond acceptors (Lipinski definition) is 5. The molecule has 4 rings (SSSR count). The summed E-state index contributed by atoms with van der Waals surface area (Å²) in [6.07, 6.45) is 1.25. The molecule has 186 valence electrons. The van der Waals surface area contributed by atoms with Crippen LogP contribution in [-0.2, 0) is 14.3 Å². The first kappa shape index (κ1) is 25.1. The average molecular weight is 497 g/mol. The van der Waals surface area contributed by atoms with Crippen molar-refractivity contribution in [1.82, 2.24) is 10.6 Å². The Bertz CT molecular complexity index is 1040. The van der Waals surface area contributed by atoms with E-state index in [0.717, 1.165) is 33.8 Å². The molecule has 2 amide bonds. The Hall–Kier alpha value is -3.00. The summed E-state index contributed by atoms with van der Waals surface area (Å²) in [6.45, 7) is 2.10. The quantitative estimate of drug-likeness (QED) is 0.470. The zero-order valence-electron chi connectivity index (χ0n) is 19.9. The lowest BCUT2D eigenvalue weighted by Crippen LogP contribution is -2.53. The molecule has 1 heterocycles. The smallest absolute Gasteiger partial charge is 0.407 e. The molecule has 8 heteroatoms. The molecule has 0 aromatic heterocycles. The number of carboxylic acids is 1. The molecule has 35 heavy (non-hydrogen) atoms. The van der Waals surface area contributed by atoms with Crippen molar-refractivity contribution in [2.75, 3.05) is 18.1 Å². The fourth-order valence-corrected chi connectivity index (χ4v) is 6.35. The van der Waals surface area contributed by atoms with Crippen LogP contribution in [0.25, 0.3) is 11.1 Å². The number of alkyl carbamates (subject to hydrolysis) is 1. The predicted molar refractivity (Wildman–Crippen MR) is 137 cm³/mol. The number of carbonyl (C=O) groups excluding carboxylic acids is 2. The van der Waals surface area contributed by atoms with Gasteiger partial charge in [0.25, 0.3) is 0 Å². The molecule has 3 N–H and O–H groups in total. The van der Waals surface area contributed by atoms with Gasteiger partial charge in [-0.25, -0.2) is 4.79 Å². The second-order valence-corrected chi connectivity index (χ2v) is 10.5. The molecule has 1 atom stereocenters. The minimum atomic E-state index is -0.916. The van der Waals surface area contributed by atoms with Crippen LogP contribution >= 0.6 is 11.8 Å². The number of carbonyl (C=O) groups is 3. The van der Waals surface area contributed by atoms with E-state index in [2.05, 4.69) is 34.9 Å². The van der Waals surface area contributed by atoms with Crippen molar-refractivity contribution in [2.45, 2.75) is 56.5 Å². The van der Waals surface area contributed by atoms with Crippen LogP contribution < -0.4 is 10.6 Å². The van der Waals surface area contributed by atoms with E-state index in [4.69, 9.17) is 4.74 Å². The van der Waals surface area contributed by atoms with Crippen LogP contribution in [0, 0.1) is 0 Å². The lowest BCUT2D eigenvalue weighted by atomic mass is 9.88. The number of nitrogens with one attached hydrogen (secondary N) is 2. The van der Waals surface area contributed by atoms with E-state index in [9.17, 15) is 19.5 Å². The molecule has 7 nitrogen and oxygen atoms in total. The monoisotopic (exact) mass is 496 g/mol. The van der Waals surface area contributed by atoms with Crippen molar-refractivity contribution in [3.05, 3.63) is 59.7 Å². The molecule has 1 fully saturated rings. The number of carboxylic acid groups (broad SMARTS) is 1. The van der Waals surface area contributed by atoms with E-state index in [1.165, 1.54) is 0 Å². The van der Waals surface area contributed by atoms with Crippen LogP contribution in [0.1, 0.15) is 56.1 Å². The van der Waals surface area contributed by atoms with E-state index < -0.39 is 23.6 Å². The Balaban J connectivity index is 1.33. The highest BCUT2D eigenvalue weighted by molar-refractivity contribution is 7.99. The number of benzene rings is 2. The van der Waals surface area contributed by atoms with Gasteiger partial charge >= 0.3 is 12.1 Å². The number of hydrogen-bond donors (Lipinski definition) is 3. The van der Waals surface area contributed by atoms with Crippen molar-refractivity contribution < 1.29 is 24.2 Å². The Morgan fingerprint density at radius 2 is 1.66 bits per heavy atom. The standard InChI is InChI=1S/C27H32N2O5S/c1-2-18(15-24(30)29-27(16-25(31)32)11-13-35-14-12-27)28-26(33)34-17-23-21-9-5-3-7-19(21)20-8-4-6-10-22(20)23/h3-10,18,23H,2,11-17H2,1H3,(H,28,33)(H,29,30)(H,31,32). The summed E-state index contributed by atoms with van der Waals surface area (Å²) in [5, 5.41) is 15.1. The molecular formula is C27H32N2O5S. The molecule has 1 aliphatic heterocycles. The Labute approximate surface area is 210 Å². The van der Waals surface area contributed by atoms with Crippen LogP contribution in [0.5, 0.6) is 0 Å². The van der Waals surface area contributed by atoms with E-state index in [-0.39, 0.29) is 31.3 Å². The summed E-state index contributed by atoms with van der Waals surface area (Å²) in [7, 11) is 0. The van der Waals surface area contributed by atoms with Gasteiger partial charge in [0.15, 0.2) is 0 Å². The molecule has 2 aromatic rings. The third-order valence-corrected chi connectivity index (χ3v) is 7.92. The molecule has 0 radical (unpaired) electrons.